The topological polar surface area (TPSA) is 339 Å². The predicted octanol–water partition coefficient (Wildman–Crippen LogP) is 7.33. The van der Waals surface area contributed by atoms with E-state index in [4.69, 9.17) is 66.4 Å². The number of nitrogens with zero attached hydrogens (tertiary/aromatic N) is 3. The first-order valence-electron chi connectivity index (χ1n) is 34.5. The largest absolute Gasteiger partial charge is 0.768 e. The Hall–Kier alpha value is -5.53. The van der Waals surface area contributed by atoms with Crippen molar-refractivity contribution in [3.63, 3.8) is 0 Å². The fraction of sp³-hybridized carbons (Fsp3) is 0.634. The lowest BCUT2D eigenvalue weighted by Gasteiger charge is -2.48. The molecule has 0 aliphatic carbocycles. The van der Waals surface area contributed by atoms with Gasteiger partial charge in [0.1, 0.15) is 18.1 Å². The van der Waals surface area contributed by atoms with Crippen LogP contribution in [0.25, 0.3) is 11.1 Å². The van der Waals surface area contributed by atoms with Crippen molar-refractivity contribution in [3.8, 4) is 5.75 Å². The van der Waals surface area contributed by atoms with Crippen LogP contribution in [0.1, 0.15) is 109 Å². The average Bonchev–Trinajstić information content (AvgIpc) is 0.802. The van der Waals surface area contributed by atoms with Gasteiger partial charge in [0.05, 0.1) is 155 Å². The van der Waals surface area contributed by atoms with Crippen molar-refractivity contribution in [3.05, 3.63) is 95.3 Å². The van der Waals surface area contributed by atoms with Gasteiger partial charge in [-0.2, -0.15) is 21.4 Å². The number of ether oxygens (including phenoxy) is 13. The molecule has 2 atom stereocenters. The SMILES string of the molecule is COCCOCCOCCOCCOCCOCCC1(CCOCCOCCOCCOCCOCCOC)C=C(C)c2cc3c(cc2N1CCCS(=O)(=O)O)OC(C(C)(C)C)=CC3=CC=CC=CC1=[N+](CCCS(=O)(=O)O)c2ccc(S(=O)[O-])cc2C1(C)CCCC(=O)ON1C(=O)CCC1=O. The van der Waals surface area contributed by atoms with Crippen molar-refractivity contribution < 1.29 is 120 Å². The molecule has 572 valence electrons. The average molecular weight is 1500 g/mol. The van der Waals surface area contributed by atoms with E-state index in [0.29, 0.717) is 165 Å². The van der Waals surface area contributed by atoms with Crippen LogP contribution in [0.2, 0.25) is 0 Å². The number of hydrogen-bond donors (Lipinski definition) is 2. The third-order valence-electron chi connectivity index (χ3n) is 17.1. The third kappa shape index (κ3) is 28.4. The fourth-order valence-corrected chi connectivity index (χ4v) is 13.3. The first kappa shape index (κ1) is 85.4. The van der Waals surface area contributed by atoms with Crippen molar-refractivity contribution in [1.29, 1.82) is 0 Å². The van der Waals surface area contributed by atoms with E-state index in [0.717, 1.165) is 28.0 Å². The summed E-state index contributed by atoms with van der Waals surface area (Å²) in [6.45, 7) is 19.1. The molecule has 4 aliphatic heterocycles. The second-order valence-electron chi connectivity index (χ2n) is 25.7. The molecule has 31 heteroatoms. The van der Waals surface area contributed by atoms with Crippen LogP contribution < -0.4 is 9.64 Å². The standard InChI is InChI=1S/C71H105N3O25S3/c1-55-54-71(22-26-88-32-34-92-40-42-96-46-44-94-38-36-90-30-28-86-6,23-27-89-33-35-93-41-43-97-47-45-95-39-37-91-31-29-87-7)73(25-13-49-102(83,84)85)62-53-63-59(52-58(55)62)56(50-65(98-63)69(2,3)4)14-9-8-10-15-64-70(5,21-11-16-68(77)99-74-66(75)19-20-67(74)76)60-51-57(100(78)79)17-18-61(60)72(64)24-12-48-101(80,81)82/h8-10,14-15,17-18,50-54H,11-13,16,19-49H2,1-7H3,(H2-,78,79,80,81,82,83,84,85). The number of benzene rings is 2. The van der Waals surface area contributed by atoms with Crippen LogP contribution >= 0.6 is 0 Å². The molecule has 1 fully saturated rings. The lowest BCUT2D eigenvalue weighted by Crippen LogP contribution is -2.52. The Morgan fingerprint density at radius 2 is 1.15 bits per heavy atom. The van der Waals surface area contributed by atoms with Gasteiger partial charge in [0.25, 0.3) is 32.1 Å². The van der Waals surface area contributed by atoms with Gasteiger partial charge in [0, 0.05) is 111 Å². The summed E-state index contributed by atoms with van der Waals surface area (Å²) < 4.78 is 169. The maximum atomic E-state index is 13.1. The zero-order chi connectivity index (χ0) is 74.0. The molecular weight excluding hydrogens is 1390 g/mol. The lowest BCUT2D eigenvalue weighted by atomic mass is 9.75. The minimum Gasteiger partial charge on any atom is -0.768 e. The number of amides is 2. The van der Waals surface area contributed by atoms with Crippen molar-refractivity contribution in [2.24, 2.45) is 5.41 Å². The molecule has 0 spiro atoms. The summed E-state index contributed by atoms with van der Waals surface area (Å²) in [6, 6.07) is 8.65. The van der Waals surface area contributed by atoms with Gasteiger partial charge in [-0.3, -0.25) is 22.9 Å². The number of hydrogen-bond acceptors (Lipinski definition) is 24. The maximum absolute atomic E-state index is 13.1. The fourth-order valence-electron chi connectivity index (χ4n) is 11.9. The van der Waals surface area contributed by atoms with Crippen molar-refractivity contribution in [2.75, 3.05) is 189 Å². The molecule has 0 bridgehead atoms. The van der Waals surface area contributed by atoms with E-state index in [1.807, 2.05) is 75.6 Å². The molecule has 6 rings (SSSR count). The molecule has 0 saturated carbocycles. The summed E-state index contributed by atoms with van der Waals surface area (Å²) in [5.74, 6) is -1.88. The molecular formula is C71H105N3O25S3. The summed E-state index contributed by atoms with van der Waals surface area (Å²) in [5, 5.41) is 0.483. The molecule has 0 aromatic heterocycles. The Morgan fingerprint density at radius 3 is 1.63 bits per heavy atom. The number of carbonyl (C=O) groups is 3. The van der Waals surface area contributed by atoms with E-state index in [9.17, 15) is 49.1 Å². The number of methoxy groups -OCH3 is 2. The normalized spacial score (nSPS) is 17.6. The van der Waals surface area contributed by atoms with Gasteiger partial charge in [0.2, 0.25) is 5.69 Å². The van der Waals surface area contributed by atoms with Crippen LogP contribution in [0.15, 0.2) is 83.5 Å². The number of anilines is 1. The van der Waals surface area contributed by atoms with Gasteiger partial charge in [-0.15, -0.1) is 5.06 Å². The Kier molecular flexibility index (Phi) is 36.7. The first-order chi connectivity index (χ1) is 48.8. The first-order valence-corrected chi connectivity index (χ1v) is 38.8. The summed E-state index contributed by atoms with van der Waals surface area (Å²) in [6.07, 6.45) is 14.4. The highest BCUT2D eigenvalue weighted by Gasteiger charge is 2.48. The Labute approximate surface area is 603 Å². The number of rotatable bonds is 53. The highest BCUT2D eigenvalue weighted by Crippen LogP contribution is 2.50. The number of carbonyl (C=O) groups excluding carboxylic acids is 3. The molecule has 1 saturated heterocycles. The van der Waals surface area contributed by atoms with Gasteiger partial charge >= 0.3 is 5.97 Å². The van der Waals surface area contributed by atoms with Crippen molar-refractivity contribution in [2.45, 2.75) is 108 Å². The van der Waals surface area contributed by atoms with Crippen LogP contribution in [0.4, 0.5) is 11.4 Å². The highest BCUT2D eigenvalue weighted by molar-refractivity contribution is 7.86. The smallest absolute Gasteiger partial charge is 0.333 e. The lowest BCUT2D eigenvalue weighted by molar-refractivity contribution is -0.437. The number of imide groups is 1. The minimum absolute atomic E-state index is 0.00108. The van der Waals surface area contributed by atoms with Gasteiger partial charge in [0.15, 0.2) is 5.71 Å². The van der Waals surface area contributed by atoms with Crippen LogP contribution in [0.5, 0.6) is 5.75 Å². The minimum atomic E-state index is -4.36. The number of allylic oxidation sites excluding steroid dienone is 9. The van der Waals surface area contributed by atoms with E-state index in [1.54, 1.807) is 32.4 Å². The van der Waals surface area contributed by atoms with Gasteiger partial charge in [-0.25, -0.2) is 4.79 Å². The highest BCUT2D eigenvalue weighted by atomic mass is 32.2. The van der Waals surface area contributed by atoms with E-state index in [1.165, 1.54) is 6.07 Å². The summed E-state index contributed by atoms with van der Waals surface area (Å²) in [4.78, 5) is 44.9. The van der Waals surface area contributed by atoms with Crippen molar-refractivity contribution in [1.82, 2.24) is 5.06 Å². The molecule has 4 aliphatic rings. The zero-order valence-electron chi connectivity index (χ0n) is 60.0. The maximum Gasteiger partial charge on any atom is 0.333 e. The summed E-state index contributed by atoms with van der Waals surface area (Å²) in [7, 11) is -5.48. The quantitative estimate of drug-likeness (QED) is 0.0163. The molecule has 4 heterocycles. The van der Waals surface area contributed by atoms with Crippen LogP contribution in [0, 0.1) is 5.41 Å². The molecule has 2 amide bonds. The second-order valence-corrected chi connectivity index (χ2v) is 29.8. The monoisotopic (exact) mass is 1500 g/mol. The Balaban J connectivity index is 1.25. The Bertz CT molecular complexity index is 3420. The number of hydroxylamine groups is 2. The van der Waals surface area contributed by atoms with Gasteiger partial charge < -0.3 is 75.9 Å². The molecule has 2 aromatic rings. The summed E-state index contributed by atoms with van der Waals surface area (Å²) >= 11 is -2.63. The molecule has 2 unspecified atom stereocenters. The molecule has 0 radical (unpaired) electrons. The van der Waals surface area contributed by atoms with E-state index in [-0.39, 0.29) is 89.4 Å². The van der Waals surface area contributed by atoms with Crippen LogP contribution in [-0.4, -0.2) is 258 Å². The van der Waals surface area contributed by atoms with Gasteiger partial charge in [-0.05, 0) is 92.5 Å². The molecule has 102 heavy (non-hydrogen) atoms. The van der Waals surface area contributed by atoms with Gasteiger partial charge in [-0.1, -0.05) is 51.2 Å². The predicted molar refractivity (Wildman–Crippen MR) is 380 cm³/mol. The Morgan fingerprint density at radius 1 is 0.657 bits per heavy atom. The van der Waals surface area contributed by atoms with E-state index in [2.05, 4.69) is 17.0 Å². The van der Waals surface area contributed by atoms with Crippen molar-refractivity contribution >= 4 is 77.3 Å². The molecule has 2 aromatic carbocycles. The van der Waals surface area contributed by atoms with Crippen LogP contribution in [0.3, 0.4) is 0 Å². The molecule has 28 nitrogen and oxygen atoms in total. The van der Waals surface area contributed by atoms with E-state index >= 15 is 0 Å². The second kappa shape index (κ2) is 43.8. The van der Waals surface area contributed by atoms with Crippen LogP contribution in [-0.2, 0) is 113 Å². The molecule has 2 N–H and O–H groups in total. The zero-order valence-corrected chi connectivity index (χ0v) is 62.5. The number of fused-ring (bicyclic) bond motifs is 3. The third-order valence-corrected chi connectivity index (χ3v) is 19.3. The summed E-state index contributed by atoms with van der Waals surface area (Å²) in [5.41, 5.74) is 3.63. The van der Waals surface area contributed by atoms with E-state index < -0.39 is 77.0 Å².